The minimum absolute atomic E-state index is 0.371. The van der Waals surface area contributed by atoms with Gasteiger partial charge in [0.25, 0.3) is 0 Å². The topological polar surface area (TPSA) is 80.7 Å². The Morgan fingerprint density at radius 1 is 1.42 bits per heavy atom. The average molecular weight is 351 g/mol. The predicted molar refractivity (Wildman–Crippen MR) is 75.0 cm³/mol. The van der Waals surface area contributed by atoms with Crippen LogP contribution in [-0.2, 0) is 20.4 Å². The summed E-state index contributed by atoms with van der Waals surface area (Å²) in [4.78, 5) is 11.1. The molecular formula is C12H15BrO5S. The molecule has 0 spiro atoms. The maximum absolute atomic E-state index is 12.2. The van der Waals surface area contributed by atoms with E-state index in [0.29, 0.717) is 15.8 Å². The van der Waals surface area contributed by atoms with Gasteiger partial charge < -0.3 is 9.84 Å². The van der Waals surface area contributed by atoms with E-state index in [1.54, 1.807) is 18.2 Å². The monoisotopic (exact) mass is 350 g/mol. The molecule has 1 N–H and O–H groups in total. The smallest absolute Gasteiger partial charge is 0.324 e. The highest BCUT2D eigenvalue weighted by atomic mass is 79.9. The highest BCUT2D eigenvalue weighted by Gasteiger charge is 2.41. The van der Waals surface area contributed by atoms with E-state index in [9.17, 15) is 13.2 Å². The minimum Gasteiger partial charge on any atom is -0.497 e. The summed E-state index contributed by atoms with van der Waals surface area (Å²) in [5, 5.41) is 9.01. The van der Waals surface area contributed by atoms with Gasteiger partial charge in [0.1, 0.15) is 5.75 Å². The Labute approximate surface area is 120 Å². The van der Waals surface area contributed by atoms with Gasteiger partial charge in [-0.15, -0.1) is 0 Å². The maximum Gasteiger partial charge on any atom is 0.324 e. The van der Waals surface area contributed by atoms with E-state index in [-0.39, 0.29) is 5.75 Å². The molecule has 106 valence electrons. The fraction of sp³-hybridized carbons (Fsp3) is 0.417. The number of carbonyl (C=O) groups is 1. The van der Waals surface area contributed by atoms with Crippen LogP contribution < -0.4 is 4.74 Å². The van der Waals surface area contributed by atoms with Crippen LogP contribution in [0.4, 0.5) is 0 Å². The third-order valence-electron chi connectivity index (χ3n) is 2.89. The molecule has 0 aliphatic rings. The lowest BCUT2D eigenvalue weighted by atomic mass is 10.2. The lowest BCUT2D eigenvalue weighted by Gasteiger charge is -2.20. The van der Waals surface area contributed by atoms with Gasteiger partial charge in [-0.2, -0.15) is 0 Å². The zero-order valence-corrected chi connectivity index (χ0v) is 13.2. The number of benzene rings is 1. The molecule has 0 saturated carbocycles. The molecule has 1 rings (SSSR count). The van der Waals surface area contributed by atoms with E-state index >= 15 is 0 Å². The van der Waals surface area contributed by atoms with E-state index < -0.39 is 20.6 Å². The molecule has 0 saturated heterocycles. The normalized spacial score (nSPS) is 12.2. The van der Waals surface area contributed by atoms with Gasteiger partial charge in [-0.25, -0.2) is 8.42 Å². The number of methoxy groups -OCH3 is 1. The molecule has 0 aliphatic carbocycles. The van der Waals surface area contributed by atoms with Crippen LogP contribution in [0.5, 0.6) is 5.75 Å². The summed E-state index contributed by atoms with van der Waals surface area (Å²) in [6.07, 6.45) is 0. The Kier molecular flexibility index (Phi) is 4.63. The molecule has 0 heterocycles. The van der Waals surface area contributed by atoms with E-state index in [0.717, 1.165) is 0 Å². The minimum atomic E-state index is -3.84. The molecule has 0 unspecified atom stereocenters. The number of ether oxygens (including phenoxy) is 1. The Morgan fingerprint density at radius 3 is 2.47 bits per heavy atom. The zero-order chi connectivity index (χ0) is 14.8. The Bertz CT molecular complexity index is 592. The van der Waals surface area contributed by atoms with Gasteiger partial charge in [0.05, 0.1) is 12.9 Å². The van der Waals surface area contributed by atoms with Gasteiger partial charge in [-0.1, -0.05) is 15.9 Å². The number of hydrogen-bond donors (Lipinski definition) is 1. The first-order valence-corrected chi connectivity index (χ1v) is 7.84. The van der Waals surface area contributed by atoms with Crippen molar-refractivity contribution in [3.63, 3.8) is 0 Å². The Hall–Kier alpha value is -1.08. The molecular weight excluding hydrogens is 336 g/mol. The zero-order valence-electron chi connectivity index (χ0n) is 10.8. The van der Waals surface area contributed by atoms with Gasteiger partial charge in [-0.05, 0) is 37.6 Å². The average Bonchev–Trinajstić information content (AvgIpc) is 2.31. The summed E-state index contributed by atoms with van der Waals surface area (Å²) in [6.45, 7) is 2.36. The summed E-state index contributed by atoms with van der Waals surface area (Å²) >= 11 is 3.25. The number of carboxylic acids is 1. The molecule has 0 atom stereocenters. The molecule has 1 aromatic rings. The van der Waals surface area contributed by atoms with Crippen LogP contribution in [-0.4, -0.2) is 31.4 Å². The molecule has 0 amide bonds. The first-order chi connectivity index (χ1) is 8.61. The van der Waals surface area contributed by atoms with E-state index in [4.69, 9.17) is 9.84 Å². The summed E-state index contributed by atoms with van der Waals surface area (Å²) < 4.78 is 28.1. The third-order valence-corrected chi connectivity index (χ3v) is 6.09. The number of rotatable bonds is 5. The van der Waals surface area contributed by atoms with Gasteiger partial charge in [0.2, 0.25) is 0 Å². The first kappa shape index (κ1) is 16.0. The van der Waals surface area contributed by atoms with Gasteiger partial charge in [0, 0.05) is 4.47 Å². The number of carboxylic acid groups (broad SMARTS) is 1. The van der Waals surface area contributed by atoms with E-state index in [1.807, 2.05) is 0 Å². The van der Waals surface area contributed by atoms with Crippen LogP contribution in [0, 0.1) is 0 Å². The van der Waals surface area contributed by atoms with E-state index in [1.165, 1.54) is 21.0 Å². The number of halogens is 1. The Balaban J connectivity index is 3.19. The molecule has 19 heavy (non-hydrogen) atoms. The molecule has 0 aromatic heterocycles. The molecule has 0 aliphatic heterocycles. The quantitative estimate of drug-likeness (QED) is 0.880. The molecule has 7 heteroatoms. The molecule has 1 aromatic carbocycles. The van der Waals surface area contributed by atoms with Gasteiger partial charge in [-0.3, -0.25) is 4.79 Å². The van der Waals surface area contributed by atoms with Crippen molar-refractivity contribution in [3.05, 3.63) is 28.2 Å². The fourth-order valence-electron chi connectivity index (χ4n) is 1.31. The highest BCUT2D eigenvalue weighted by Crippen LogP contribution is 2.28. The van der Waals surface area contributed by atoms with Crippen LogP contribution in [0.25, 0.3) is 0 Å². The van der Waals surface area contributed by atoms with Crippen molar-refractivity contribution in [2.75, 3.05) is 7.11 Å². The Morgan fingerprint density at radius 2 is 2.00 bits per heavy atom. The van der Waals surface area contributed by atoms with Crippen LogP contribution in [0.3, 0.4) is 0 Å². The molecule has 5 nitrogen and oxygen atoms in total. The highest BCUT2D eigenvalue weighted by molar-refractivity contribution is 9.10. The van der Waals surface area contributed by atoms with Gasteiger partial charge in [0.15, 0.2) is 14.6 Å². The second-order valence-electron chi connectivity index (χ2n) is 4.53. The number of aliphatic carboxylic acids is 1. The number of sulfone groups is 1. The van der Waals surface area contributed by atoms with Crippen molar-refractivity contribution in [3.8, 4) is 5.75 Å². The molecule has 0 fully saturated rings. The maximum atomic E-state index is 12.2. The van der Waals surface area contributed by atoms with Crippen molar-refractivity contribution in [1.29, 1.82) is 0 Å². The first-order valence-electron chi connectivity index (χ1n) is 5.40. The second-order valence-corrected chi connectivity index (χ2v) is 7.93. The van der Waals surface area contributed by atoms with Crippen LogP contribution >= 0.6 is 15.9 Å². The van der Waals surface area contributed by atoms with Crippen molar-refractivity contribution in [1.82, 2.24) is 0 Å². The van der Waals surface area contributed by atoms with Crippen molar-refractivity contribution >= 4 is 31.7 Å². The summed E-state index contributed by atoms with van der Waals surface area (Å²) in [6, 6.07) is 4.92. The van der Waals surface area contributed by atoms with Gasteiger partial charge >= 0.3 is 5.97 Å². The predicted octanol–water partition coefficient (Wildman–Crippen LogP) is 2.24. The van der Waals surface area contributed by atoms with E-state index in [2.05, 4.69) is 15.9 Å². The summed E-state index contributed by atoms with van der Waals surface area (Å²) in [5.74, 6) is -1.22. The SMILES string of the molecule is COc1ccc(Br)c(CS(=O)(=O)C(C)(C)C(=O)O)c1. The van der Waals surface area contributed by atoms with Crippen LogP contribution in [0.15, 0.2) is 22.7 Å². The summed E-state index contributed by atoms with van der Waals surface area (Å²) in [7, 11) is -2.37. The lowest BCUT2D eigenvalue weighted by molar-refractivity contribution is -0.139. The van der Waals surface area contributed by atoms with Crippen molar-refractivity contribution in [2.24, 2.45) is 0 Å². The van der Waals surface area contributed by atoms with Crippen LogP contribution in [0.1, 0.15) is 19.4 Å². The molecule has 0 bridgehead atoms. The third kappa shape index (κ3) is 3.27. The number of hydrogen-bond acceptors (Lipinski definition) is 4. The second kappa shape index (κ2) is 5.50. The largest absolute Gasteiger partial charge is 0.497 e. The van der Waals surface area contributed by atoms with Crippen molar-refractivity contribution in [2.45, 2.75) is 24.3 Å². The van der Waals surface area contributed by atoms with Crippen LogP contribution in [0.2, 0.25) is 0 Å². The standard InChI is InChI=1S/C12H15BrO5S/c1-12(2,11(14)15)19(16,17)7-8-6-9(18-3)4-5-10(8)13/h4-6H,7H2,1-3H3,(H,14,15). The molecule has 0 radical (unpaired) electrons. The lowest BCUT2D eigenvalue weighted by Crippen LogP contribution is -2.41. The summed E-state index contributed by atoms with van der Waals surface area (Å²) in [5.41, 5.74) is 0.466. The van der Waals surface area contributed by atoms with Crippen molar-refractivity contribution < 1.29 is 23.1 Å². The fourth-order valence-corrected chi connectivity index (χ4v) is 3.15.